The van der Waals surface area contributed by atoms with Gasteiger partial charge in [0.05, 0.1) is 12.7 Å². The number of hydrogen-bond donors (Lipinski definition) is 5. The van der Waals surface area contributed by atoms with Crippen molar-refractivity contribution in [3.8, 4) is 5.75 Å². The molecule has 0 fully saturated rings. The van der Waals surface area contributed by atoms with E-state index in [0.29, 0.717) is 30.9 Å². The number of unbranched alkanes of at least 4 members (excludes halogenated alkanes) is 1. The number of carbonyl (C=O) groups excluding carboxylic acids is 6. The number of hydrogen-bond acceptors (Lipinski definition) is 10. The Hall–Kier alpha value is -7.68. The number of amides is 5. The van der Waals surface area contributed by atoms with Gasteiger partial charge in [0.2, 0.25) is 11.8 Å². The van der Waals surface area contributed by atoms with E-state index in [4.69, 9.17) is 18.9 Å². The van der Waals surface area contributed by atoms with Crippen LogP contribution >= 0.6 is 0 Å². The molecule has 65 heavy (non-hydrogen) atoms. The third kappa shape index (κ3) is 16.8. The molecule has 5 aromatic carbocycles. The highest BCUT2D eigenvalue weighted by Gasteiger charge is 2.26. The molecule has 2 atom stereocenters. The second-order valence-electron chi connectivity index (χ2n) is 16.0. The van der Waals surface area contributed by atoms with Gasteiger partial charge < -0.3 is 45.5 Å². The molecule has 0 radical (unpaired) electrons. The first-order valence-electron chi connectivity index (χ1n) is 21.2. The number of alkyl carbamates (subject to hydrolysis) is 2. The number of ether oxygens (including phenoxy) is 4. The monoisotopic (exact) mass is 885 g/mol. The zero-order valence-corrected chi connectivity index (χ0v) is 36.9. The molecular weight excluding hydrogens is 831 g/mol. The second-order valence-corrected chi connectivity index (χ2v) is 16.0. The maximum Gasteiger partial charge on any atom is 0.408 e. The molecule has 5 aromatic rings. The van der Waals surface area contributed by atoms with Gasteiger partial charge in [-0.25, -0.2) is 14.4 Å². The summed E-state index contributed by atoms with van der Waals surface area (Å²) in [5.74, 6) is -1.67. The summed E-state index contributed by atoms with van der Waals surface area (Å²) in [5, 5.41) is 13.7. The number of rotatable bonds is 20. The molecule has 0 saturated carbocycles. The summed E-state index contributed by atoms with van der Waals surface area (Å²) >= 11 is 0. The van der Waals surface area contributed by atoms with Gasteiger partial charge in [-0.05, 0) is 105 Å². The third-order valence-corrected chi connectivity index (χ3v) is 9.59. The molecule has 5 N–H and O–H groups in total. The van der Waals surface area contributed by atoms with Gasteiger partial charge in [0.15, 0.2) is 0 Å². The fourth-order valence-electron chi connectivity index (χ4n) is 6.34. The van der Waals surface area contributed by atoms with Crippen LogP contribution in [-0.2, 0) is 43.4 Å². The number of anilines is 2. The quantitative estimate of drug-likeness (QED) is 0.0290. The minimum atomic E-state index is -1.08. The van der Waals surface area contributed by atoms with Gasteiger partial charge in [-0.15, -0.1) is 0 Å². The first-order valence-corrected chi connectivity index (χ1v) is 21.2. The Morgan fingerprint density at radius 1 is 0.585 bits per heavy atom. The highest BCUT2D eigenvalue weighted by Crippen LogP contribution is 2.19. The average Bonchev–Trinajstić information content (AvgIpc) is 3.29. The van der Waals surface area contributed by atoms with Crippen molar-refractivity contribution >= 4 is 47.3 Å². The third-order valence-electron chi connectivity index (χ3n) is 9.59. The van der Waals surface area contributed by atoms with Crippen molar-refractivity contribution in [2.24, 2.45) is 0 Å². The molecule has 0 spiro atoms. The second kappa shape index (κ2) is 24.2. The van der Waals surface area contributed by atoms with Gasteiger partial charge in [0, 0.05) is 29.9 Å². The average molecular weight is 886 g/mol. The largest absolute Gasteiger partial charge is 0.489 e. The van der Waals surface area contributed by atoms with Gasteiger partial charge >= 0.3 is 18.2 Å². The van der Waals surface area contributed by atoms with E-state index < -0.39 is 53.6 Å². The van der Waals surface area contributed by atoms with E-state index in [-0.39, 0.29) is 42.8 Å². The van der Waals surface area contributed by atoms with Crippen molar-refractivity contribution in [3.63, 3.8) is 0 Å². The summed E-state index contributed by atoms with van der Waals surface area (Å²) in [6, 6.07) is 36.4. The Kier molecular flexibility index (Phi) is 18.0. The summed E-state index contributed by atoms with van der Waals surface area (Å²) < 4.78 is 21.4. The van der Waals surface area contributed by atoms with E-state index in [1.165, 1.54) is 25.3 Å². The van der Waals surface area contributed by atoms with Crippen LogP contribution in [0.25, 0.3) is 0 Å². The van der Waals surface area contributed by atoms with E-state index in [1.54, 1.807) is 63.2 Å². The molecule has 0 heterocycles. The van der Waals surface area contributed by atoms with Crippen LogP contribution in [0.1, 0.15) is 77.4 Å². The van der Waals surface area contributed by atoms with Gasteiger partial charge in [0.25, 0.3) is 5.91 Å². The van der Waals surface area contributed by atoms with Crippen LogP contribution in [0.4, 0.5) is 21.0 Å². The molecule has 340 valence electrons. The lowest BCUT2D eigenvalue weighted by atomic mass is 10.0. The summed E-state index contributed by atoms with van der Waals surface area (Å²) in [5.41, 5.74) is 2.71. The Bertz CT molecular complexity index is 2370. The van der Waals surface area contributed by atoms with Crippen LogP contribution in [0, 0.1) is 0 Å². The number of methoxy groups -OCH3 is 1. The summed E-state index contributed by atoms with van der Waals surface area (Å²) in [6.07, 6.45) is -0.194. The molecule has 0 aromatic heterocycles. The van der Waals surface area contributed by atoms with Crippen LogP contribution in [0.2, 0.25) is 0 Å². The van der Waals surface area contributed by atoms with E-state index in [2.05, 4.69) is 26.6 Å². The van der Waals surface area contributed by atoms with Crippen molar-refractivity contribution in [2.45, 2.75) is 77.4 Å². The fraction of sp³-hybridized carbons (Fsp3) is 0.280. The Balaban J connectivity index is 1.24. The zero-order valence-electron chi connectivity index (χ0n) is 36.9. The predicted molar refractivity (Wildman–Crippen MR) is 245 cm³/mol. The summed E-state index contributed by atoms with van der Waals surface area (Å²) in [7, 11) is 1.25. The maximum atomic E-state index is 13.8. The minimum absolute atomic E-state index is 0.105. The molecule has 0 bridgehead atoms. The number of carbonyl (C=O) groups is 6. The molecule has 15 nitrogen and oxygen atoms in total. The molecule has 15 heteroatoms. The zero-order chi connectivity index (χ0) is 46.6. The van der Waals surface area contributed by atoms with Crippen molar-refractivity contribution in [1.82, 2.24) is 16.0 Å². The van der Waals surface area contributed by atoms with Crippen LogP contribution in [-0.4, -0.2) is 67.2 Å². The van der Waals surface area contributed by atoms with Gasteiger partial charge in [-0.1, -0.05) is 84.9 Å². The Morgan fingerprint density at radius 3 is 1.78 bits per heavy atom. The lowest BCUT2D eigenvalue weighted by Crippen LogP contribution is -2.47. The number of nitrogens with one attached hydrogen (secondary N) is 5. The van der Waals surface area contributed by atoms with Crippen molar-refractivity contribution < 1.29 is 47.7 Å². The Morgan fingerprint density at radius 2 is 1.17 bits per heavy atom. The minimum Gasteiger partial charge on any atom is -0.489 e. The first-order chi connectivity index (χ1) is 31.2. The lowest BCUT2D eigenvalue weighted by Gasteiger charge is -2.23. The topological polar surface area (TPSA) is 199 Å². The standard InChI is InChI=1S/C50H55N5O10/c1-50(2,3)65-49(61)55-43(29-34-24-26-41(27-25-34)63-32-35-15-7-5-8-16-35)46(58)53-39-21-13-19-37(30-39)44(56)54-42(45(57)52-40-22-14-20-38(31-40)47(59)62-4)23-11-12-28-51-48(60)64-33-36-17-9-6-10-18-36/h5-10,13-22,24-27,30-31,42-43H,11-12,23,28-29,32-33H2,1-4H3,(H,51,60)(H,52,57)(H,53,58)(H,54,56)(H,55,61)/t42-,43-/m0/s1. The highest BCUT2D eigenvalue weighted by molar-refractivity contribution is 6.03. The molecule has 5 amide bonds. The van der Waals surface area contributed by atoms with Crippen molar-refractivity contribution in [1.29, 1.82) is 0 Å². The fourth-order valence-corrected chi connectivity index (χ4v) is 6.34. The molecular formula is C50H55N5O10. The molecule has 0 aliphatic rings. The van der Waals surface area contributed by atoms with Crippen molar-refractivity contribution in [2.75, 3.05) is 24.3 Å². The first kappa shape index (κ1) is 48.4. The molecule has 0 aliphatic heterocycles. The van der Waals surface area contributed by atoms with Crippen LogP contribution in [0.3, 0.4) is 0 Å². The van der Waals surface area contributed by atoms with Crippen LogP contribution in [0.15, 0.2) is 133 Å². The number of esters is 1. The number of benzene rings is 5. The smallest absolute Gasteiger partial charge is 0.408 e. The molecule has 0 unspecified atom stereocenters. The summed E-state index contributed by atoms with van der Waals surface area (Å²) in [6.45, 7) is 5.91. The van der Waals surface area contributed by atoms with Crippen LogP contribution in [0.5, 0.6) is 5.75 Å². The maximum absolute atomic E-state index is 13.8. The SMILES string of the molecule is COC(=O)c1cccc(NC(=O)[C@H](CCCCNC(=O)OCc2ccccc2)NC(=O)c2cccc(NC(=O)[C@H](Cc3ccc(OCc4ccccc4)cc3)NC(=O)OC(C)(C)C)c2)c1. The van der Waals surface area contributed by atoms with E-state index >= 15 is 0 Å². The van der Waals surface area contributed by atoms with Crippen molar-refractivity contribution in [3.05, 3.63) is 161 Å². The lowest BCUT2D eigenvalue weighted by molar-refractivity contribution is -0.118. The van der Waals surface area contributed by atoms with Gasteiger partial charge in [-0.3, -0.25) is 14.4 Å². The molecule has 0 aliphatic carbocycles. The van der Waals surface area contributed by atoms with Crippen LogP contribution < -0.4 is 31.3 Å². The predicted octanol–water partition coefficient (Wildman–Crippen LogP) is 7.96. The van der Waals surface area contributed by atoms with E-state index in [1.807, 2.05) is 72.8 Å². The van der Waals surface area contributed by atoms with E-state index in [9.17, 15) is 28.8 Å². The van der Waals surface area contributed by atoms with Gasteiger partial charge in [0.1, 0.15) is 36.6 Å². The normalized spacial score (nSPS) is 11.8. The molecule has 0 saturated heterocycles. The van der Waals surface area contributed by atoms with Gasteiger partial charge in [-0.2, -0.15) is 0 Å². The Labute approximate surface area is 378 Å². The summed E-state index contributed by atoms with van der Waals surface area (Å²) in [4.78, 5) is 78.7. The van der Waals surface area contributed by atoms with E-state index in [0.717, 1.165) is 16.7 Å². The molecule has 5 rings (SSSR count). The highest BCUT2D eigenvalue weighted by atomic mass is 16.6.